The van der Waals surface area contributed by atoms with Crippen molar-refractivity contribution in [3.05, 3.63) is 29.6 Å². The van der Waals surface area contributed by atoms with E-state index in [1.165, 1.54) is 18.0 Å². The minimum absolute atomic E-state index is 0.0341. The molecule has 19 heavy (non-hydrogen) atoms. The number of amides is 1. The number of aromatic hydroxyl groups is 1. The zero-order valence-corrected chi connectivity index (χ0v) is 11.2. The number of benzene rings is 1. The normalized spacial score (nSPS) is 21.3. The monoisotopic (exact) mass is 287 g/mol. The van der Waals surface area contributed by atoms with E-state index in [1.807, 2.05) is 0 Å². The maximum atomic E-state index is 12.9. The fourth-order valence-corrected chi connectivity index (χ4v) is 3.90. The number of sulfone groups is 1. The number of nitrogens with zero attached hydrogens (tertiary/aromatic N) is 1. The van der Waals surface area contributed by atoms with E-state index in [-0.39, 0.29) is 17.1 Å². The summed E-state index contributed by atoms with van der Waals surface area (Å²) in [6.45, 7) is 0. The van der Waals surface area contributed by atoms with Crippen LogP contribution in [0.1, 0.15) is 16.8 Å². The summed E-state index contributed by atoms with van der Waals surface area (Å²) in [5.74, 6) is -1.61. The summed E-state index contributed by atoms with van der Waals surface area (Å²) < 4.78 is 35.6. The van der Waals surface area contributed by atoms with Gasteiger partial charge in [0.1, 0.15) is 11.6 Å². The highest BCUT2D eigenvalue weighted by atomic mass is 32.2. The maximum Gasteiger partial charge on any atom is 0.257 e. The first kappa shape index (κ1) is 13.8. The topological polar surface area (TPSA) is 74.7 Å². The Morgan fingerprint density at radius 3 is 2.68 bits per heavy atom. The molecule has 1 heterocycles. The lowest BCUT2D eigenvalue weighted by Crippen LogP contribution is -2.37. The minimum Gasteiger partial charge on any atom is -0.507 e. The van der Waals surface area contributed by atoms with E-state index in [4.69, 9.17) is 0 Å². The maximum absolute atomic E-state index is 12.9. The molecule has 0 aromatic heterocycles. The van der Waals surface area contributed by atoms with Crippen LogP contribution in [0.3, 0.4) is 0 Å². The molecule has 1 aromatic rings. The third-order valence-corrected chi connectivity index (χ3v) is 5.02. The van der Waals surface area contributed by atoms with Gasteiger partial charge in [0.05, 0.1) is 17.1 Å². The third kappa shape index (κ3) is 2.86. The average molecular weight is 287 g/mol. The van der Waals surface area contributed by atoms with Gasteiger partial charge in [-0.05, 0) is 18.6 Å². The summed E-state index contributed by atoms with van der Waals surface area (Å²) in [5, 5.41) is 9.55. The fraction of sp³-hybridized carbons (Fsp3) is 0.417. The number of phenolic OH excluding ortho intramolecular Hbond substituents is 1. The van der Waals surface area contributed by atoms with Crippen LogP contribution < -0.4 is 0 Å². The zero-order valence-electron chi connectivity index (χ0n) is 10.3. The summed E-state index contributed by atoms with van der Waals surface area (Å²) >= 11 is 0. The molecular weight excluding hydrogens is 273 g/mol. The Hall–Kier alpha value is -1.63. The van der Waals surface area contributed by atoms with Crippen LogP contribution in [0.15, 0.2) is 18.2 Å². The highest BCUT2D eigenvalue weighted by Crippen LogP contribution is 2.23. The lowest BCUT2D eigenvalue weighted by Gasteiger charge is -2.23. The summed E-state index contributed by atoms with van der Waals surface area (Å²) in [4.78, 5) is 13.4. The number of hydrogen-bond donors (Lipinski definition) is 1. The van der Waals surface area contributed by atoms with Gasteiger partial charge >= 0.3 is 0 Å². The second-order valence-corrected chi connectivity index (χ2v) is 6.86. The smallest absolute Gasteiger partial charge is 0.257 e. The SMILES string of the molecule is CN(C(=O)c1ccc(F)cc1O)C1CCS(=O)(=O)C1. The molecule has 1 fully saturated rings. The Morgan fingerprint density at radius 1 is 1.47 bits per heavy atom. The molecule has 1 aliphatic heterocycles. The standard InChI is InChI=1S/C12H14FNO4S/c1-14(9-4-5-19(17,18)7-9)12(16)10-3-2-8(13)6-11(10)15/h2-3,6,9,15H,4-5,7H2,1H3. The van der Waals surface area contributed by atoms with Crippen molar-refractivity contribution in [3.63, 3.8) is 0 Å². The van der Waals surface area contributed by atoms with Crippen molar-refractivity contribution in [3.8, 4) is 5.75 Å². The van der Waals surface area contributed by atoms with E-state index < -0.39 is 33.4 Å². The van der Waals surface area contributed by atoms with Crippen LogP contribution in [0.5, 0.6) is 5.75 Å². The second-order valence-electron chi connectivity index (χ2n) is 4.63. The Labute approximate surface area is 110 Å². The molecule has 1 aromatic carbocycles. The van der Waals surface area contributed by atoms with Gasteiger partial charge in [-0.2, -0.15) is 0 Å². The molecule has 1 aliphatic rings. The first-order valence-electron chi connectivity index (χ1n) is 5.76. The highest BCUT2D eigenvalue weighted by molar-refractivity contribution is 7.91. The van der Waals surface area contributed by atoms with Crippen LogP contribution in [-0.4, -0.2) is 48.9 Å². The third-order valence-electron chi connectivity index (χ3n) is 3.27. The van der Waals surface area contributed by atoms with Crippen LogP contribution in [-0.2, 0) is 9.84 Å². The van der Waals surface area contributed by atoms with E-state index >= 15 is 0 Å². The van der Waals surface area contributed by atoms with Gasteiger partial charge in [0.2, 0.25) is 0 Å². The molecule has 104 valence electrons. The quantitative estimate of drug-likeness (QED) is 0.872. The van der Waals surface area contributed by atoms with Crippen LogP contribution >= 0.6 is 0 Å². The Bertz CT molecular complexity index is 614. The lowest BCUT2D eigenvalue weighted by atomic mass is 10.1. The first-order valence-corrected chi connectivity index (χ1v) is 7.58. The molecule has 1 N–H and O–H groups in total. The van der Waals surface area contributed by atoms with Gasteiger partial charge in [-0.15, -0.1) is 0 Å². The Kier molecular flexibility index (Phi) is 3.49. The van der Waals surface area contributed by atoms with Gasteiger partial charge in [0.15, 0.2) is 9.84 Å². The second kappa shape index (κ2) is 4.80. The van der Waals surface area contributed by atoms with Gasteiger partial charge in [-0.3, -0.25) is 4.79 Å². The summed E-state index contributed by atoms with van der Waals surface area (Å²) in [7, 11) is -1.61. The van der Waals surface area contributed by atoms with Crippen molar-refractivity contribution in [2.75, 3.05) is 18.6 Å². The number of halogens is 1. The van der Waals surface area contributed by atoms with Crippen LogP contribution in [0.4, 0.5) is 4.39 Å². The van der Waals surface area contributed by atoms with Crippen molar-refractivity contribution < 1.29 is 22.7 Å². The van der Waals surface area contributed by atoms with Crippen LogP contribution in [0.25, 0.3) is 0 Å². The molecule has 1 amide bonds. The minimum atomic E-state index is -3.09. The van der Waals surface area contributed by atoms with Crippen molar-refractivity contribution in [2.24, 2.45) is 0 Å². The van der Waals surface area contributed by atoms with Crippen molar-refractivity contribution in [2.45, 2.75) is 12.5 Å². The molecule has 0 spiro atoms. The van der Waals surface area contributed by atoms with Gasteiger partial charge in [-0.1, -0.05) is 0 Å². The van der Waals surface area contributed by atoms with E-state index in [0.717, 1.165) is 12.1 Å². The predicted octanol–water partition coefficient (Wildman–Crippen LogP) is 0.790. The van der Waals surface area contributed by atoms with Crippen LogP contribution in [0, 0.1) is 5.82 Å². The van der Waals surface area contributed by atoms with Crippen LogP contribution in [0.2, 0.25) is 0 Å². The van der Waals surface area contributed by atoms with Crippen molar-refractivity contribution in [1.82, 2.24) is 4.90 Å². The van der Waals surface area contributed by atoms with Gasteiger partial charge < -0.3 is 10.0 Å². The number of hydrogen-bond acceptors (Lipinski definition) is 4. The molecule has 5 nitrogen and oxygen atoms in total. The van der Waals surface area contributed by atoms with E-state index in [0.29, 0.717) is 6.42 Å². The van der Waals surface area contributed by atoms with E-state index in [2.05, 4.69) is 0 Å². The van der Waals surface area contributed by atoms with Gasteiger partial charge in [0.25, 0.3) is 5.91 Å². The first-order chi connectivity index (χ1) is 8.80. The van der Waals surface area contributed by atoms with Crippen molar-refractivity contribution in [1.29, 1.82) is 0 Å². The molecule has 1 saturated heterocycles. The molecule has 0 bridgehead atoms. The lowest BCUT2D eigenvalue weighted by molar-refractivity contribution is 0.0744. The molecule has 0 radical (unpaired) electrons. The van der Waals surface area contributed by atoms with E-state index in [9.17, 15) is 22.7 Å². The highest BCUT2D eigenvalue weighted by Gasteiger charge is 2.33. The Morgan fingerprint density at radius 2 is 2.16 bits per heavy atom. The van der Waals surface area contributed by atoms with Crippen molar-refractivity contribution >= 4 is 15.7 Å². The van der Waals surface area contributed by atoms with Gasteiger partial charge in [0, 0.05) is 19.2 Å². The number of carbonyl (C=O) groups excluding carboxylic acids is 1. The number of rotatable bonds is 2. The molecule has 0 saturated carbocycles. The molecule has 0 aliphatic carbocycles. The number of carbonyl (C=O) groups is 1. The molecule has 7 heteroatoms. The predicted molar refractivity (Wildman–Crippen MR) is 67.2 cm³/mol. The van der Waals surface area contributed by atoms with Gasteiger partial charge in [-0.25, -0.2) is 12.8 Å². The summed E-state index contributed by atoms with van der Waals surface area (Å²) in [5.41, 5.74) is -0.0341. The van der Waals surface area contributed by atoms with E-state index in [1.54, 1.807) is 0 Å². The fourth-order valence-electron chi connectivity index (χ4n) is 2.12. The molecular formula is C12H14FNO4S. The zero-order chi connectivity index (χ0) is 14.2. The Balaban J connectivity index is 2.20. The molecule has 1 unspecified atom stereocenters. The molecule has 2 rings (SSSR count). The largest absolute Gasteiger partial charge is 0.507 e. The molecule has 1 atom stereocenters. The number of phenols is 1. The average Bonchev–Trinajstić information content (AvgIpc) is 2.68. The summed E-state index contributed by atoms with van der Waals surface area (Å²) in [6, 6.07) is 2.72. The summed E-state index contributed by atoms with van der Waals surface area (Å²) in [6.07, 6.45) is 0.381.